The molecule has 1 saturated carbocycles. The van der Waals surface area contributed by atoms with Crippen molar-refractivity contribution in [2.45, 2.75) is 44.6 Å². The van der Waals surface area contributed by atoms with Crippen molar-refractivity contribution in [3.63, 3.8) is 0 Å². The number of benzene rings is 1. The molecule has 0 spiro atoms. The van der Waals surface area contributed by atoms with E-state index in [2.05, 4.69) is 4.90 Å². The van der Waals surface area contributed by atoms with Gasteiger partial charge in [0.1, 0.15) is 5.82 Å². The molecule has 1 heterocycles. The molecule has 2 heteroatoms. The van der Waals surface area contributed by atoms with Gasteiger partial charge < -0.3 is 4.90 Å². The van der Waals surface area contributed by atoms with Gasteiger partial charge in [0.2, 0.25) is 0 Å². The summed E-state index contributed by atoms with van der Waals surface area (Å²) in [5.74, 6) is 0.672. The van der Waals surface area contributed by atoms with Gasteiger partial charge in [0.15, 0.2) is 0 Å². The Labute approximate surface area is 109 Å². The second-order valence-electron chi connectivity index (χ2n) is 5.89. The normalized spacial score (nSPS) is 22.9. The summed E-state index contributed by atoms with van der Waals surface area (Å²) in [6, 6.07) is 7.94. The Morgan fingerprint density at radius 2 is 1.67 bits per heavy atom. The summed E-state index contributed by atoms with van der Waals surface area (Å²) in [5.41, 5.74) is 1.29. The molecule has 1 aromatic rings. The second kappa shape index (κ2) is 5.40. The summed E-state index contributed by atoms with van der Waals surface area (Å²) in [5, 5.41) is 0. The molecule has 0 radical (unpaired) electrons. The first kappa shape index (κ1) is 12.2. The van der Waals surface area contributed by atoms with Crippen LogP contribution in [0.5, 0.6) is 0 Å². The number of likely N-dealkylation sites (tertiary alicyclic amines) is 1. The number of rotatable bonds is 3. The Balaban J connectivity index is 1.48. The van der Waals surface area contributed by atoms with Crippen LogP contribution >= 0.6 is 0 Å². The van der Waals surface area contributed by atoms with Crippen LogP contribution in [0.4, 0.5) is 4.39 Å². The third kappa shape index (κ3) is 2.74. The van der Waals surface area contributed by atoms with Crippen LogP contribution in [-0.2, 0) is 6.42 Å². The van der Waals surface area contributed by atoms with Crippen molar-refractivity contribution in [1.29, 1.82) is 0 Å². The topological polar surface area (TPSA) is 3.24 Å². The Bertz CT molecular complexity index is 375. The number of hydrogen-bond acceptors (Lipinski definition) is 1. The van der Waals surface area contributed by atoms with Crippen molar-refractivity contribution in [3.8, 4) is 0 Å². The van der Waals surface area contributed by atoms with Crippen LogP contribution in [0.25, 0.3) is 0 Å². The highest BCUT2D eigenvalue weighted by molar-refractivity contribution is 5.16. The Morgan fingerprint density at radius 1 is 1.00 bits per heavy atom. The number of piperidine rings is 1. The summed E-state index contributed by atoms with van der Waals surface area (Å²) in [4.78, 5) is 2.69. The van der Waals surface area contributed by atoms with Gasteiger partial charge in [-0.25, -0.2) is 4.39 Å². The van der Waals surface area contributed by atoms with Gasteiger partial charge in [0, 0.05) is 6.04 Å². The van der Waals surface area contributed by atoms with Crippen LogP contribution in [0, 0.1) is 11.7 Å². The minimum absolute atomic E-state index is 0.126. The van der Waals surface area contributed by atoms with Gasteiger partial charge in [-0.05, 0) is 68.8 Å². The first-order valence-corrected chi connectivity index (χ1v) is 7.30. The van der Waals surface area contributed by atoms with E-state index in [1.54, 1.807) is 12.1 Å². The average molecular weight is 247 g/mol. The Hall–Kier alpha value is -0.890. The molecule has 1 nitrogen and oxygen atoms in total. The van der Waals surface area contributed by atoms with Gasteiger partial charge in [-0.2, -0.15) is 0 Å². The van der Waals surface area contributed by atoms with Crippen LogP contribution in [0.1, 0.15) is 37.7 Å². The zero-order chi connectivity index (χ0) is 12.4. The van der Waals surface area contributed by atoms with E-state index in [0.29, 0.717) is 0 Å². The molecular weight excluding hydrogens is 225 g/mol. The van der Waals surface area contributed by atoms with Crippen LogP contribution in [-0.4, -0.2) is 24.0 Å². The van der Waals surface area contributed by atoms with Gasteiger partial charge in [-0.15, -0.1) is 0 Å². The van der Waals surface area contributed by atoms with Crippen molar-refractivity contribution in [3.05, 3.63) is 35.6 Å². The molecule has 0 bridgehead atoms. The minimum atomic E-state index is -0.126. The molecule has 2 fully saturated rings. The van der Waals surface area contributed by atoms with E-state index in [1.807, 2.05) is 12.1 Å². The smallest absolute Gasteiger partial charge is 0.123 e. The summed E-state index contributed by atoms with van der Waals surface area (Å²) >= 11 is 0. The number of halogens is 1. The molecule has 0 amide bonds. The molecule has 1 saturated heterocycles. The fourth-order valence-corrected chi connectivity index (χ4v) is 3.23. The van der Waals surface area contributed by atoms with E-state index in [1.165, 1.54) is 50.8 Å². The third-order valence-corrected chi connectivity index (χ3v) is 4.68. The van der Waals surface area contributed by atoms with Crippen LogP contribution in [0.3, 0.4) is 0 Å². The molecule has 1 aliphatic carbocycles. The lowest BCUT2D eigenvalue weighted by atomic mass is 9.86. The fraction of sp³-hybridized carbons (Fsp3) is 0.625. The van der Waals surface area contributed by atoms with Gasteiger partial charge in [0.05, 0.1) is 0 Å². The molecule has 18 heavy (non-hydrogen) atoms. The summed E-state index contributed by atoms with van der Waals surface area (Å²) in [6.45, 7) is 2.55. The minimum Gasteiger partial charge on any atom is -0.300 e. The summed E-state index contributed by atoms with van der Waals surface area (Å²) < 4.78 is 12.8. The highest BCUT2D eigenvalue weighted by Gasteiger charge is 2.28. The van der Waals surface area contributed by atoms with Gasteiger partial charge in [-0.1, -0.05) is 18.6 Å². The van der Waals surface area contributed by atoms with E-state index < -0.39 is 0 Å². The molecule has 0 N–H and O–H groups in total. The number of nitrogens with zero attached hydrogens (tertiary/aromatic N) is 1. The lowest BCUT2D eigenvalue weighted by molar-refractivity contribution is 0.0846. The molecule has 2 aliphatic rings. The molecule has 1 aliphatic heterocycles. The molecule has 1 aromatic carbocycles. The average Bonchev–Trinajstić information content (AvgIpc) is 2.32. The van der Waals surface area contributed by atoms with Gasteiger partial charge in [0.25, 0.3) is 0 Å². The van der Waals surface area contributed by atoms with E-state index in [-0.39, 0.29) is 5.82 Å². The van der Waals surface area contributed by atoms with Crippen molar-refractivity contribution < 1.29 is 4.39 Å². The van der Waals surface area contributed by atoms with Crippen LogP contribution < -0.4 is 0 Å². The monoisotopic (exact) mass is 247 g/mol. The predicted molar refractivity (Wildman–Crippen MR) is 72.0 cm³/mol. The first-order valence-electron chi connectivity index (χ1n) is 7.30. The van der Waals surface area contributed by atoms with Gasteiger partial charge in [-0.3, -0.25) is 0 Å². The quantitative estimate of drug-likeness (QED) is 0.788. The lowest BCUT2D eigenvalue weighted by Gasteiger charge is -2.41. The largest absolute Gasteiger partial charge is 0.300 e. The maximum absolute atomic E-state index is 12.8. The third-order valence-electron chi connectivity index (χ3n) is 4.68. The fourth-order valence-electron chi connectivity index (χ4n) is 3.23. The van der Waals surface area contributed by atoms with Crippen LogP contribution in [0.2, 0.25) is 0 Å². The zero-order valence-corrected chi connectivity index (χ0v) is 10.9. The Morgan fingerprint density at radius 3 is 2.22 bits per heavy atom. The standard InChI is InChI=1S/C16H22FN/c17-15-6-4-13(5-7-15)12-14-8-10-18(11-9-14)16-2-1-3-16/h4-7,14,16H,1-3,8-12H2. The Kier molecular flexibility index (Phi) is 3.64. The molecule has 0 unspecified atom stereocenters. The molecular formula is C16H22FN. The zero-order valence-electron chi connectivity index (χ0n) is 10.9. The maximum Gasteiger partial charge on any atom is 0.123 e. The van der Waals surface area contributed by atoms with Gasteiger partial charge >= 0.3 is 0 Å². The lowest BCUT2D eigenvalue weighted by Crippen LogP contribution is -2.45. The predicted octanol–water partition coefficient (Wildman–Crippen LogP) is 3.63. The SMILES string of the molecule is Fc1ccc(CC2CCN(C3CCC3)CC2)cc1. The van der Waals surface area contributed by atoms with Crippen molar-refractivity contribution >= 4 is 0 Å². The van der Waals surface area contributed by atoms with E-state index in [4.69, 9.17) is 0 Å². The summed E-state index contributed by atoms with van der Waals surface area (Å²) in [7, 11) is 0. The highest BCUT2D eigenvalue weighted by Crippen LogP contribution is 2.30. The highest BCUT2D eigenvalue weighted by atomic mass is 19.1. The molecule has 98 valence electrons. The maximum atomic E-state index is 12.8. The van der Waals surface area contributed by atoms with Crippen molar-refractivity contribution in [2.24, 2.45) is 5.92 Å². The molecule has 0 aromatic heterocycles. The first-order chi connectivity index (χ1) is 8.81. The van der Waals surface area contributed by atoms with Crippen molar-refractivity contribution in [2.75, 3.05) is 13.1 Å². The van der Waals surface area contributed by atoms with E-state index >= 15 is 0 Å². The summed E-state index contributed by atoms with van der Waals surface area (Å²) in [6.07, 6.45) is 8.02. The van der Waals surface area contributed by atoms with Crippen LogP contribution in [0.15, 0.2) is 24.3 Å². The van der Waals surface area contributed by atoms with E-state index in [9.17, 15) is 4.39 Å². The molecule has 3 rings (SSSR count). The van der Waals surface area contributed by atoms with Crippen molar-refractivity contribution in [1.82, 2.24) is 4.90 Å². The second-order valence-corrected chi connectivity index (χ2v) is 5.89. The number of hydrogen-bond donors (Lipinski definition) is 0. The van der Waals surface area contributed by atoms with E-state index in [0.717, 1.165) is 18.4 Å². The molecule has 0 atom stereocenters.